The molecule has 0 fully saturated rings. The van der Waals surface area contributed by atoms with Crippen LogP contribution in [0.15, 0.2) is 71.6 Å². The van der Waals surface area contributed by atoms with Crippen LogP contribution >= 0.6 is 0 Å². The Balaban J connectivity index is 2.18. The number of benzene rings is 3. The van der Waals surface area contributed by atoms with E-state index >= 15 is 0 Å². The van der Waals surface area contributed by atoms with Gasteiger partial charge in [-0.2, -0.15) is 4.31 Å². The molecule has 3 rings (SSSR count). The number of sulfonamides is 1. The summed E-state index contributed by atoms with van der Waals surface area (Å²) in [4.78, 5) is 13.7. The maximum atomic E-state index is 13.7. The summed E-state index contributed by atoms with van der Waals surface area (Å²) in [5.74, 6) is -0.574. The Hall–Kier alpha value is -2.92. The summed E-state index contributed by atoms with van der Waals surface area (Å²) in [6.07, 6.45) is 0. The number of anilines is 1. The third kappa shape index (κ3) is 4.57. The van der Waals surface area contributed by atoms with Crippen molar-refractivity contribution in [3.63, 3.8) is 0 Å². The number of nitrogens with zero attached hydrogens (tertiary/aromatic N) is 1. The van der Waals surface area contributed by atoms with E-state index in [1.807, 2.05) is 39.0 Å². The lowest BCUT2D eigenvalue weighted by Crippen LogP contribution is -2.37. The molecule has 0 saturated carbocycles. The Kier molecular flexibility index (Phi) is 6.10. The van der Waals surface area contributed by atoms with Gasteiger partial charge in [-0.1, -0.05) is 62.7 Å². The van der Waals surface area contributed by atoms with Gasteiger partial charge < -0.3 is 0 Å². The van der Waals surface area contributed by atoms with Crippen LogP contribution in [0, 0.1) is 20.8 Å². The first-order valence-electron chi connectivity index (χ1n) is 10.3. The van der Waals surface area contributed by atoms with Crippen molar-refractivity contribution in [2.75, 3.05) is 4.31 Å². The van der Waals surface area contributed by atoms with E-state index in [0.29, 0.717) is 11.3 Å². The van der Waals surface area contributed by atoms with E-state index in [2.05, 4.69) is 20.8 Å². The van der Waals surface area contributed by atoms with Crippen molar-refractivity contribution in [2.45, 2.75) is 51.9 Å². The monoisotopic (exact) mass is 435 g/mol. The Morgan fingerprint density at radius 3 is 1.94 bits per heavy atom. The molecule has 5 heteroatoms. The summed E-state index contributed by atoms with van der Waals surface area (Å²) in [7, 11) is -4.11. The molecular formula is C26H29NO3S. The molecule has 0 spiro atoms. The highest BCUT2D eigenvalue weighted by Gasteiger charge is 2.33. The number of carbonyl (C=O) groups excluding carboxylic acids is 1. The van der Waals surface area contributed by atoms with Gasteiger partial charge in [-0.15, -0.1) is 0 Å². The molecule has 0 bridgehead atoms. The third-order valence-electron chi connectivity index (χ3n) is 5.54. The number of aryl methyl sites for hydroxylation is 2. The lowest BCUT2D eigenvalue weighted by atomic mass is 9.86. The zero-order valence-corrected chi connectivity index (χ0v) is 19.7. The maximum Gasteiger partial charge on any atom is 0.272 e. The molecule has 0 aliphatic rings. The van der Waals surface area contributed by atoms with E-state index in [0.717, 1.165) is 26.6 Å². The average Bonchev–Trinajstić information content (AvgIpc) is 2.71. The largest absolute Gasteiger partial charge is 0.272 e. The summed E-state index contributed by atoms with van der Waals surface area (Å²) in [6.45, 7) is 11.9. The number of hydrogen-bond donors (Lipinski definition) is 0. The number of rotatable bonds is 4. The quantitative estimate of drug-likeness (QED) is 0.509. The second-order valence-corrected chi connectivity index (χ2v) is 10.7. The summed E-state index contributed by atoms with van der Waals surface area (Å²) >= 11 is 0. The molecule has 0 aromatic heterocycles. The van der Waals surface area contributed by atoms with Crippen LogP contribution in [-0.4, -0.2) is 14.3 Å². The minimum atomic E-state index is -4.11. The van der Waals surface area contributed by atoms with Crippen LogP contribution in [0.2, 0.25) is 0 Å². The van der Waals surface area contributed by atoms with Crippen LogP contribution in [0.3, 0.4) is 0 Å². The first kappa shape index (κ1) is 22.8. The molecule has 3 aromatic rings. The Morgan fingerprint density at radius 2 is 1.39 bits per heavy atom. The van der Waals surface area contributed by atoms with E-state index in [1.54, 1.807) is 48.5 Å². The van der Waals surface area contributed by atoms with E-state index in [4.69, 9.17) is 0 Å². The smallest absolute Gasteiger partial charge is 0.268 e. The molecule has 0 heterocycles. The zero-order valence-electron chi connectivity index (χ0n) is 18.9. The summed E-state index contributed by atoms with van der Waals surface area (Å²) < 4.78 is 28.2. The molecule has 0 radical (unpaired) electrons. The van der Waals surface area contributed by atoms with Crippen LogP contribution in [0.25, 0.3) is 0 Å². The number of carbonyl (C=O) groups is 1. The number of amides is 1. The van der Waals surface area contributed by atoms with Crippen molar-refractivity contribution in [3.8, 4) is 0 Å². The summed E-state index contributed by atoms with van der Waals surface area (Å²) in [5, 5.41) is 0. The molecule has 0 aliphatic carbocycles. The highest BCUT2D eigenvalue weighted by molar-refractivity contribution is 7.93. The summed E-state index contributed by atoms with van der Waals surface area (Å²) in [5.41, 5.74) is 4.30. The fourth-order valence-electron chi connectivity index (χ4n) is 3.35. The minimum Gasteiger partial charge on any atom is -0.268 e. The van der Waals surface area contributed by atoms with Crippen molar-refractivity contribution in [1.29, 1.82) is 0 Å². The van der Waals surface area contributed by atoms with E-state index < -0.39 is 15.9 Å². The van der Waals surface area contributed by atoms with Crippen molar-refractivity contribution >= 4 is 21.6 Å². The van der Waals surface area contributed by atoms with Crippen LogP contribution in [-0.2, 0) is 15.4 Å². The fourth-order valence-corrected chi connectivity index (χ4v) is 4.82. The molecule has 0 saturated heterocycles. The molecule has 31 heavy (non-hydrogen) atoms. The van der Waals surface area contributed by atoms with Gasteiger partial charge in [0.05, 0.1) is 10.6 Å². The molecule has 0 aliphatic heterocycles. The van der Waals surface area contributed by atoms with Gasteiger partial charge in [0, 0.05) is 5.56 Å². The predicted octanol–water partition coefficient (Wildman–Crippen LogP) is 5.95. The van der Waals surface area contributed by atoms with Gasteiger partial charge >= 0.3 is 0 Å². The van der Waals surface area contributed by atoms with Crippen LogP contribution in [0.5, 0.6) is 0 Å². The normalized spacial score (nSPS) is 11.9. The van der Waals surface area contributed by atoms with E-state index in [1.165, 1.54) is 0 Å². The maximum absolute atomic E-state index is 13.7. The molecule has 0 unspecified atom stereocenters. The molecular weight excluding hydrogens is 406 g/mol. The minimum absolute atomic E-state index is 0.0671. The van der Waals surface area contributed by atoms with Crippen LogP contribution < -0.4 is 4.31 Å². The van der Waals surface area contributed by atoms with E-state index in [9.17, 15) is 13.2 Å². The van der Waals surface area contributed by atoms with Crippen molar-refractivity contribution in [2.24, 2.45) is 0 Å². The zero-order chi connectivity index (χ0) is 23.0. The van der Waals surface area contributed by atoms with Gasteiger partial charge in [0.1, 0.15) is 0 Å². The third-order valence-corrected chi connectivity index (χ3v) is 7.25. The van der Waals surface area contributed by atoms with Gasteiger partial charge in [-0.05, 0) is 73.2 Å². The molecule has 0 atom stereocenters. The first-order valence-corrected chi connectivity index (χ1v) is 11.7. The standard InChI is InChI=1S/C26H29NO3S/c1-18-10-16-23(17-11-18)31(29,30)27(24-9-7-8-19(2)20(24)3)25(28)21-12-14-22(15-13-21)26(4,5)6/h7-17H,1-6H3. The Labute approximate surface area is 185 Å². The summed E-state index contributed by atoms with van der Waals surface area (Å²) in [6, 6.07) is 19.1. The van der Waals surface area contributed by atoms with Gasteiger partial charge in [-0.25, -0.2) is 8.42 Å². The van der Waals surface area contributed by atoms with Gasteiger partial charge in [0.15, 0.2) is 0 Å². The van der Waals surface area contributed by atoms with Crippen molar-refractivity contribution < 1.29 is 13.2 Å². The van der Waals surface area contributed by atoms with Crippen molar-refractivity contribution in [1.82, 2.24) is 0 Å². The lowest BCUT2D eigenvalue weighted by molar-refractivity contribution is 0.100. The van der Waals surface area contributed by atoms with Crippen molar-refractivity contribution in [3.05, 3.63) is 94.5 Å². The highest BCUT2D eigenvalue weighted by Crippen LogP contribution is 2.31. The Bertz CT molecular complexity index is 1200. The molecule has 4 nitrogen and oxygen atoms in total. The van der Waals surface area contributed by atoms with E-state index in [-0.39, 0.29) is 10.3 Å². The second-order valence-electron chi connectivity index (χ2n) is 8.93. The molecule has 1 amide bonds. The SMILES string of the molecule is Cc1ccc(S(=O)(=O)N(C(=O)c2ccc(C(C)(C)C)cc2)c2cccc(C)c2C)cc1. The van der Waals surface area contributed by atoms with Gasteiger partial charge in [0.2, 0.25) is 0 Å². The highest BCUT2D eigenvalue weighted by atomic mass is 32.2. The average molecular weight is 436 g/mol. The Morgan fingerprint density at radius 1 is 0.806 bits per heavy atom. The number of hydrogen-bond acceptors (Lipinski definition) is 3. The first-order chi connectivity index (χ1) is 14.4. The molecule has 0 N–H and O–H groups in total. The fraction of sp³-hybridized carbons (Fsp3) is 0.269. The predicted molar refractivity (Wildman–Crippen MR) is 126 cm³/mol. The molecule has 3 aromatic carbocycles. The lowest BCUT2D eigenvalue weighted by Gasteiger charge is -2.25. The molecule has 162 valence electrons. The van der Waals surface area contributed by atoms with Crippen LogP contribution in [0.1, 0.15) is 53.4 Å². The second kappa shape index (κ2) is 8.31. The van der Waals surface area contributed by atoms with Gasteiger partial charge in [-0.3, -0.25) is 4.79 Å². The van der Waals surface area contributed by atoms with Crippen LogP contribution in [0.4, 0.5) is 5.69 Å². The topological polar surface area (TPSA) is 54.5 Å². The van der Waals surface area contributed by atoms with Gasteiger partial charge in [0.25, 0.3) is 15.9 Å².